The lowest BCUT2D eigenvalue weighted by molar-refractivity contribution is 0.0341. The Morgan fingerprint density at radius 2 is 1.81 bits per heavy atom. The van der Waals surface area contributed by atoms with Crippen molar-refractivity contribution in [2.45, 2.75) is 13.1 Å². The molecule has 0 unspecified atom stereocenters. The highest BCUT2D eigenvalue weighted by molar-refractivity contribution is 14.0. The van der Waals surface area contributed by atoms with Gasteiger partial charge in [-0.05, 0) is 23.3 Å². The number of guanidine groups is 1. The summed E-state index contributed by atoms with van der Waals surface area (Å²) in [4.78, 5) is 6.61. The lowest BCUT2D eigenvalue weighted by Gasteiger charge is -2.27. The Hall–Kier alpha value is -1.98. The van der Waals surface area contributed by atoms with Gasteiger partial charge in [-0.25, -0.2) is 8.78 Å². The number of rotatable bonds is 8. The molecular formula is C22H29F2IN4O2. The Balaban J connectivity index is 0.00000341. The van der Waals surface area contributed by atoms with Gasteiger partial charge in [-0.2, -0.15) is 0 Å². The van der Waals surface area contributed by atoms with Gasteiger partial charge >= 0.3 is 0 Å². The summed E-state index contributed by atoms with van der Waals surface area (Å²) >= 11 is 0. The fourth-order valence-corrected chi connectivity index (χ4v) is 3.19. The van der Waals surface area contributed by atoms with E-state index in [9.17, 15) is 8.78 Å². The van der Waals surface area contributed by atoms with Crippen molar-refractivity contribution in [1.29, 1.82) is 0 Å². The van der Waals surface area contributed by atoms with Crippen LogP contribution in [0.1, 0.15) is 11.1 Å². The van der Waals surface area contributed by atoms with Gasteiger partial charge in [-0.15, -0.1) is 24.0 Å². The lowest BCUT2D eigenvalue weighted by atomic mass is 10.1. The van der Waals surface area contributed by atoms with Crippen molar-refractivity contribution in [2.75, 3.05) is 46.5 Å². The van der Waals surface area contributed by atoms with E-state index in [0.29, 0.717) is 25.7 Å². The molecule has 31 heavy (non-hydrogen) atoms. The van der Waals surface area contributed by atoms with Gasteiger partial charge in [0, 0.05) is 39.3 Å². The van der Waals surface area contributed by atoms with Crippen molar-refractivity contribution in [3.63, 3.8) is 0 Å². The van der Waals surface area contributed by atoms with Gasteiger partial charge in [-0.1, -0.05) is 24.3 Å². The summed E-state index contributed by atoms with van der Waals surface area (Å²) < 4.78 is 37.0. The second-order valence-corrected chi connectivity index (χ2v) is 6.93. The van der Waals surface area contributed by atoms with E-state index >= 15 is 0 Å². The maximum Gasteiger partial charge on any atom is 0.191 e. The highest BCUT2D eigenvalue weighted by Crippen LogP contribution is 2.15. The van der Waals surface area contributed by atoms with Gasteiger partial charge in [0.25, 0.3) is 0 Å². The molecule has 2 N–H and O–H groups in total. The Bertz CT molecular complexity index is 848. The minimum atomic E-state index is -0.923. The number of aliphatic imine (C=N–C) groups is 1. The molecule has 0 amide bonds. The number of nitrogens with one attached hydrogen (secondary N) is 2. The molecule has 0 aliphatic carbocycles. The maximum absolute atomic E-state index is 13.2. The smallest absolute Gasteiger partial charge is 0.191 e. The normalized spacial score (nSPS) is 14.6. The SMILES string of the molecule is CN=C(NCCOc1ccc(F)c(F)c1)NCc1ccccc1CN1CCOCC1.I. The van der Waals surface area contributed by atoms with E-state index in [1.807, 2.05) is 6.07 Å². The van der Waals surface area contributed by atoms with Crippen molar-refractivity contribution < 1.29 is 18.3 Å². The third-order valence-corrected chi connectivity index (χ3v) is 4.84. The van der Waals surface area contributed by atoms with Crippen molar-refractivity contribution >= 4 is 29.9 Å². The standard InChI is InChI=1S/C22H28F2N4O2.HI/c1-25-22(26-8-11-30-19-6-7-20(23)21(24)14-19)27-15-17-4-2-3-5-18(17)16-28-9-12-29-13-10-28;/h2-7,14H,8-13,15-16H2,1H3,(H2,25,26,27);1H. The minimum absolute atomic E-state index is 0. The van der Waals surface area contributed by atoms with Crippen LogP contribution in [-0.4, -0.2) is 57.4 Å². The minimum Gasteiger partial charge on any atom is -0.492 e. The number of halogens is 3. The second-order valence-electron chi connectivity index (χ2n) is 6.93. The first-order chi connectivity index (χ1) is 14.7. The largest absolute Gasteiger partial charge is 0.492 e. The zero-order chi connectivity index (χ0) is 21.2. The van der Waals surface area contributed by atoms with Crippen LogP contribution in [0.2, 0.25) is 0 Å². The Morgan fingerprint density at radius 1 is 1.06 bits per heavy atom. The zero-order valence-electron chi connectivity index (χ0n) is 17.6. The van der Waals surface area contributed by atoms with E-state index in [1.165, 1.54) is 17.2 Å². The molecule has 3 rings (SSSR count). The highest BCUT2D eigenvalue weighted by atomic mass is 127. The maximum atomic E-state index is 13.2. The van der Waals surface area contributed by atoms with Gasteiger partial charge < -0.3 is 20.1 Å². The first-order valence-corrected chi connectivity index (χ1v) is 10.0. The van der Waals surface area contributed by atoms with Crippen LogP contribution in [0.25, 0.3) is 0 Å². The van der Waals surface area contributed by atoms with Gasteiger partial charge in [0.1, 0.15) is 12.4 Å². The van der Waals surface area contributed by atoms with Crippen molar-refractivity contribution in [3.8, 4) is 5.75 Å². The summed E-state index contributed by atoms with van der Waals surface area (Å²) in [7, 11) is 1.70. The molecule has 1 saturated heterocycles. The van der Waals surface area contributed by atoms with Gasteiger partial charge in [-0.3, -0.25) is 9.89 Å². The Morgan fingerprint density at radius 3 is 2.52 bits per heavy atom. The van der Waals surface area contributed by atoms with Crippen LogP contribution in [0.3, 0.4) is 0 Å². The summed E-state index contributed by atoms with van der Waals surface area (Å²) in [5.41, 5.74) is 2.49. The van der Waals surface area contributed by atoms with Crippen molar-refractivity contribution in [3.05, 3.63) is 65.2 Å². The topological polar surface area (TPSA) is 58.1 Å². The quantitative estimate of drug-likeness (QED) is 0.231. The third kappa shape index (κ3) is 8.23. The van der Waals surface area contributed by atoms with Crippen LogP contribution in [-0.2, 0) is 17.8 Å². The molecule has 1 heterocycles. The van der Waals surface area contributed by atoms with E-state index in [4.69, 9.17) is 9.47 Å². The summed E-state index contributed by atoms with van der Waals surface area (Å²) in [5.74, 6) is -0.881. The van der Waals surface area contributed by atoms with Crippen LogP contribution < -0.4 is 15.4 Å². The molecule has 1 aliphatic rings. The third-order valence-electron chi connectivity index (χ3n) is 4.84. The summed E-state index contributed by atoms with van der Waals surface area (Å²) in [6.45, 7) is 5.76. The monoisotopic (exact) mass is 546 g/mol. The molecule has 0 saturated carbocycles. The van der Waals surface area contributed by atoms with E-state index in [1.54, 1.807) is 7.05 Å². The average Bonchev–Trinajstić information content (AvgIpc) is 2.77. The number of hydrogen-bond donors (Lipinski definition) is 2. The molecule has 2 aromatic carbocycles. The van der Waals surface area contributed by atoms with Crippen molar-refractivity contribution in [1.82, 2.24) is 15.5 Å². The van der Waals surface area contributed by atoms with Crippen LogP contribution in [0.4, 0.5) is 8.78 Å². The summed E-state index contributed by atoms with van der Waals surface area (Å²) in [5, 5.41) is 6.47. The van der Waals surface area contributed by atoms with Crippen LogP contribution >= 0.6 is 24.0 Å². The molecule has 170 valence electrons. The summed E-state index contributed by atoms with van der Waals surface area (Å²) in [6, 6.07) is 11.8. The molecule has 6 nitrogen and oxygen atoms in total. The molecule has 0 atom stereocenters. The second kappa shape index (κ2) is 13.4. The highest BCUT2D eigenvalue weighted by Gasteiger charge is 2.12. The fourth-order valence-electron chi connectivity index (χ4n) is 3.19. The van der Waals surface area contributed by atoms with E-state index in [-0.39, 0.29) is 29.7 Å². The fraction of sp³-hybridized carbons (Fsp3) is 0.409. The Kier molecular flexibility index (Phi) is 11.0. The van der Waals surface area contributed by atoms with E-state index in [2.05, 4.69) is 38.7 Å². The molecule has 9 heteroatoms. The van der Waals surface area contributed by atoms with Crippen molar-refractivity contribution in [2.24, 2.45) is 4.99 Å². The predicted molar refractivity (Wildman–Crippen MR) is 128 cm³/mol. The molecule has 0 spiro atoms. The molecule has 0 bridgehead atoms. The zero-order valence-corrected chi connectivity index (χ0v) is 19.9. The van der Waals surface area contributed by atoms with Crippen LogP contribution in [0.5, 0.6) is 5.75 Å². The first kappa shape index (κ1) is 25.3. The van der Waals surface area contributed by atoms with Crippen LogP contribution in [0.15, 0.2) is 47.5 Å². The number of nitrogens with zero attached hydrogens (tertiary/aromatic N) is 2. The molecule has 0 aromatic heterocycles. The lowest BCUT2D eigenvalue weighted by Crippen LogP contribution is -2.39. The predicted octanol–water partition coefficient (Wildman–Crippen LogP) is 3.16. The number of morpholine rings is 1. The first-order valence-electron chi connectivity index (χ1n) is 10.0. The molecule has 1 fully saturated rings. The Labute approximate surface area is 199 Å². The molecule has 1 aliphatic heterocycles. The number of ether oxygens (including phenoxy) is 2. The number of benzene rings is 2. The molecule has 0 radical (unpaired) electrons. The molecular weight excluding hydrogens is 517 g/mol. The van der Waals surface area contributed by atoms with Gasteiger partial charge in [0.05, 0.1) is 19.8 Å². The summed E-state index contributed by atoms with van der Waals surface area (Å²) in [6.07, 6.45) is 0. The van der Waals surface area contributed by atoms with Gasteiger partial charge in [0.2, 0.25) is 0 Å². The average molecular weight is 546 g/mol. The molecule has 2 aromatic rings. The van der Waals surface area contributed by atoms with Crippen LogP contribution in [0, 0.1) is 11.6 Å². The van der Waals surface area contributed by atoms with E-state index < -0.39 is 11.6 Å². The van der Waals surface area contributed by atoms with E-state index in [0.717, 1.165) is 45.0 Å². The van der Waals surface area contributed by atoms with Gasteiger partial charge in [0.15, 0.2) is 17.6 Å². The number of hydrogen-bond acceptors (Lipinski definition) is 4.